The van der Waals surface area contributed by atoms with Gasteiger partial charge in [0, 0.05) is 19.4 Å². The van der Waals surface area contributed by atoms with Crippen LogP contribution < -0.4 is 5.73 Å². The van der Waals surface area contributed by atoms with Crippen LogP contribution in [0.4, 0.5) is 0 Å². The second kappa shape index (κ2) is 63.1. The first kappa shape index (κ1) is 74.9. The molecule has 0 aliphatic carbocycles. The molecule has 0 aliphatic heterocycles. The molecule has 0 fully saturated rings. The largest absolute Gasteiger partial charge is 0.472 e. The predicted octanol–water partition coefficient (Wildman–Crippen LogP) is 20.3. The van der Waals surface area contributed by atoms with Crippen LogP contribution in [0.3, 0.4) is 0 Å². The van der Waals surface area contributed by atoms with Gasteiger partial charge in [0.05, 0.1) is 13.2 Å². The van der Waals surface area contributed by atoms with Crippen molar-refractivity contribution in [3.63, 3.8) is 0 Å². The van der Waals surface area contributed by atoms with Gasteiger partial charge in [0.1, 0.15) is 6.61 Å². The predicted molar refractivity (Wildman–Crippen MR) is 339 cm³/mol. The summed E-state index contributed by atoms with van der Waals surface area (Å²) in [5.41, 5.74) is 5.38. The number of unbranched alkanes of at least 4 members (excludes halogenated alkanes) is 20. The van der Waals surface area contributed by atoms with Gasteiger partial charge in [0.2, 0.25) is 0 Å². The molecule has 0 aromatic carbocycles. The highest BCUT2D eigenvalue weighted by Crippen LogP contribution is 2.43. The standard InChI is InChI=1S/C69H114NO8P/c1-3-5-7-9-11-13-15-17-19-21-23-25-27-29-30-31-32-33-34-35-36-38-40-42-44-46-48-50-52-54-56-58-60-62-69(72)78-67(66-77-79(73,74)76-64-63-70)65-75-68(71)61-59-57-55-53-51-49-47-45-43-41-39-37-28-26-24-22-20-18-16-14-12-10-8-6-4-2/h5,7,11,13,16-19,22-25,29-30,32-33,35-36,40,42,46,48,52,54,67H,3-4,6,8-10,12,14-15,20-21,26-28,31,34,37-39,41,43-45,47,49-51,53,55-66,70H2,1-2H3,(H,73,74)/b7-5-,13-11-,18-16-,19-17-,24-22-,25-23-,30-29-,33-32-,36-35-,42-40-,48-46-,54-52-. The van der Waals surface area contributed by atoms with Crippen molar-refractivity contribution in [3.05, 3.63) is 146 Å². The van der Waals surface area contributed by atoms with Crippen LogP contribution in [0, 0.1) is 0 Å². The van der Waals surface area contributed by atoms with E-state index in [1.54, 1.807) is 0 Å². The van der Waals surface area contributed by atoms with Gasteiger partial charge in [-0.1, -0.05) is 256 Å². The summed E-state index contributed by atoms with van der Waals surface area (Å²) >= 11 is 0. The Morgan fingerprint density at radius 1 is 0.392 bits per heavy atom. The molecule has 2 unspecified atom stereocenters. The Morgan fingerprint density at radius 2 is 0.696 bits per heavy atom. The van der Waals surface area contributed by atoms with E-state index in [-0.39, 0.29) is 32.6 Å². The van der Waals surface area contributed by atoms with Gasteiger partial charge in [-0.15, -0.1) is 0 Å². The number of ether oxygens (including phenoxy) is 2. The molecular weight excluding hydrogens is 1000 g/mol. The SMILES string of the molecule is CC/C=C\C/C=C\C/C=C\C/C=C\C/C=C\C/C=C\C/C=C\C/C=C\C/C=C\C/C=C\CCCCC(=O)OC(COC(=O)CCCCCCCCCCCCCCC/C=C\C/C=C\CCCCCCC)COP(=O)(O)OCCN. The number of nitrogens with two attached hydrogens (primary N) is 1. The van der Waals surface area contributed by atoms with Gasteiger partial charge >= 0.3 is 19.8 Å². The van der Waals surface area contributed by atoms with E-state index in [0.717, 1.165) is 103 Å². The van der Waals surface area contributed by atoms with Crippen molar-refractivity contribution in [2.24, 2.45) is 5.73 Å². The maximum atomic E-state index is 12.7. The van der Waals surface area contributed by atoms with E-state index in [2.05, 4.69) is 160 Å². The molecule has 0 aromatic rings. The molecule has 0 aromatic heterocycles. The summed E-state index contributed by atoms with van der Waals surface area (Å²) in [4.78, 5) is 35.2. The number of rotatable bonds is 57. The smallest absolute Gasteiger partial charge is 0.462 e. The van der Waals surface area contributed by atoms with Crippen molar-refractivity contribution in [1.82, 2.24) is 0 Å². The molecule has 3 N–H and O–H groups in total. The molecular formula is C69H114NO8P. The average molecular weight is 1120 g/mol. The number of phosphoric ester groups is 1. The molecule has 0 radical (unpaired) electrons. The van der Waals surface area contributed by atoms with Crippen molar-refractivity contribution in [2.75, 3.05) is 26.4 Å². The van der Waals surface area contributed by atoms with Crippen LogP contribution in [0.15, 0.2) is 146 Å². The number of allylic oxidation sites excluding steroid dienone is 24. The Bertz CT molecular complexity index is 1800. The number of carbonyl (C=O) groups is 2. The molecule has 79 heavy (non-hydrogen) atoms. The van der Waals surface area contributed by atoms with Gasteiger partial charge in [-0.2, -0.15) is 0 Å². The van der Waals surface area contributed by atoms with Gasteiger partial charge in [-0.25, -0.2) is 4.57 Å². The van der Waals surface area contributed by atoms with Crippen LogP contribution in [0.2, 0.25) is 0 Å². The molecule has 448 valence electrons. The van der Waals surface area contributed by atoms with Crippen molar-refractivity contribution in [1.29, 1.82) is 0 Å². The van der Waals surface area contributed by atoms with E-state index in [0.29, 0.717) is 6.42 Å². The number of hydrogen-bond acceptors (Lipinski definition) is 8. The second-order valence-corrected chi connectivity index (χ2v) is 21.6. The normalized spacial score (nSPS) is 14.0. The van der Waals surface area contributed by atoms with E-state index >= 15 is 0 Å². The fourth-order valence-electron chi connectivity index (χ4n) is 8.11. The van der Waals surface area contributed by atoms with Crippen LogP contribution in [-0.2, 0) is 32.7 Å². The van der Waals surface area contributed by atoms with Crippen LogP contribution in [0.25, 0.3) is 0 Å². The number of hydrogen-bond donors (Lipinski definition) is 2. The monoisotopic (exact) mass is 1120 g/mol. The molecule has 0 aliphatic rings. The number of esters is 2. The summed E-state index contributed by atoms with van der Waals surface area (Å²) in [6.45, 7) is 3.56. The maximum absolute atomic E-state index is 12.7. The summed E-state index contributed by atoms with van der Waals surface area (Å²) in [6.07, 6.45) is 90.6. The van der Waals surface area contributed by atoms with Crippen molar-refractivity contribution in [2.45, 2.75) is 251 Å². The zero-order valence-electron chi connectivity index (χ0n) is 50.0. The van der Waals surface area contributed by atoms with Crippen molar-refractivity contribution >= 4 is 19.8 Å². The van der Waals surface area contributed by atoms with Gasteiger partial charge in [0.15, 0.2) is 6.10 Å². The molecule has 0 saturated heterocycles. The van der Waals surface area contributed by atoms with Gasteiger partial charge in [0.25, 0.3) is 0 Å². The minimum absolute atomic E-state index is 0.0384. The van der Waals surface area contributed by atoms with Crippen LogP contribution in [-0.4, -0.2) is 49.3 Å². The zero-order chi connectivity index (χ0) is 57.3. The maximum Gasteiger partial charge on any atom is 0.472 e. The first-order valence-corrected chi connectivity index (χ1v) is 32.8. The lowest BCUT2D eigenvalue weighted by Crippen LogP contribution is -2.29. The van der Waals surface area contributed by atoms with E-state index in [4.69, 9.17) is 24.3 Å². The Morgan fingerprint density at radius 3 is 1.06 bits per heavy atom. The van der Waals surface area contributed by atoms with E-state index in [9.17, 15) is 19.0 Å². The Kier molecular flexibility index (Phi) is 59.8. The fourth-order valence-corrected chi connectivity index (χ4v) is 8.87. The van der Waals surface area contributed by atoms with Crippen LogP contribution in [0.1, 0.15) is 245 Å². The average Bonchev–Trinajstić information content (AvgIpc) is 3.44. The molecule has 0 rings (SSSR count). The minimum atomic E-state index is -4.41. The third kappa shape index (κ3) is 62.9. The second-order valence-electron chi connectivity index (χ2n) is 20.2. The summed E-state index contributed by atoms with van der Waals surface area (Å²) in [6, 6.07) is 0. The topological polar surface area (TPSA) is 134 Å². The molecule has 9 nitrogen and oxygen atoms in total. The third-order valence-corrected chi connectivity index (χ3v) is 13.7. The van der Waals surface area contributed by atoms with Crippen molar-refractivity contribution < 1.29 is 37.6 Å². The van der Waals surface area contributed by atoms with Gasteiger partial charge < -0.3 is 20.1 Å². The quantitative estimate of drug-likeness (QED) is 0.0264. The molecule has 0 saturated carbocycles. The Hall–Kier alpha value is -4.11. The summed E-state index contributed by atoms with van der Waals surface area (Å²) < 4.78 is 33.0. The Labute approximate surface area is 484 Å². The molecule has 2 atom stereocenters. The first-order valence-electron chi connectivity index (χ1n) is 31.3. The van der Waals surface area contributed by atoms with Gasteiger partial charge in [-0.3, -0.25) is 18.6 Å². The van der Waals surface area contributed by atoms with Crippen molar-refractivity contribution in [3.8, 4) is 0 Å². The number of phosphoric acid groups is 1. The lowest BCUT2D eigenvalue weighted by Gasteiger charge is -2.19. The third-order valence-electron chi connectivity index (χ3n) is 12.7. The van der Waals surface area contributed by atoms with Crippen LogP contribution >= 0.6 is 7.82 Å². The van der Waals surface area contributed by atoms with Gasteiger partial charge in [-0.05, 0) is 122 Å². The summed E-state index contributed by atoms with van der Waals surface area (Å²) in [5.74, 6) is -0.887. The highest BCUT2D eigenvalue weighted by atomic mass is 31.2. The van der Waals surface area contributed by atoms with E-state index in [1.807, 2.05) is 0 Å². The zero-order valence-corrected chi connectivity index (χ0v) is 50.9. The molecule has 0 amide bonds. The summed E-state index contributed by atoms with van der Waals surface area (Å²) in [7, 11) is -4.41. The molecule has 10 heteroatoms. The lowest BCUT2D eigenvalue weighted by atomic mass is 10.0. The Balaban J connectivity index is 4.09. The molecule has 0 spiro atoms. The number of carbonyl (C=O) groups excluding carboxylic acids is 2. The lowest BCUT2D eigenvalue weighted by molar-refractivity contribution is -0.161. The molecule has 0 heterocycles. The summed E-state index contributed by atoms with van der Waals surface area (Å²) in [5, 5.41) is 0. The minimum Gasteiger partial charge on any atom is -0.462 e. The first-order chi connectivity index (χ1) is 38.8. The highest BCUT2D eigenvalue weighted by molar-refractivity contribution is 7.47. The van der Waals surface area contributed by atoms with E-state index < -0.39 is 32.5 Å². The fraction of sp³-hybridized carbons (Fsp3) is 0.623. The van der Waals surface area contributed by atoms with Crippen LogP contribution in [0.5, 0.6) is 0 Å². The highest BCUT2D eigenvalue weighted by Gasteiger charge is 2.26. The van der Waals surface area contributed by atoms with E-state index in [1.165, 1.54) is 109 Å². The molecule has 0 bridgehead atoms.